The Labute approximate surface area is 116 Å². The monoisotopic (exact) mass is 265 g/mol. The van der Waals surface area contributed by atoms with Crippen LogP contribution in [0, 0.1) is 0 Å². The quantitative estimate of drug-likeness (QED) is 0.820. The van der Waals surface area contributed by atoms with E-state index in [1.54, 1.807) is 0 Å². The third-order valence-corrected chi connectivity index (χ3v) is 5.30. The number of amides is 1. The lowest BCUT2D eigenvalue weighted by Crippen LogP contribution is -2.55. The molecule has 4 nitrogen and oxygen atoms in total. The summed E-state index contributed by atoms with van der Waals surface area (Å²) in [5.74, 6) is 0.200. The van der Waals surface area contributed by atoms with E-state index in [9.17, 15) is 4.79 Å². The van der Waals surface area contributed by atoms with Crippen molar-refractivity contribution >= 4 is 5.91 Å². The van der Waals surface area contributed by atoms with Gasteiger partial charge >= 0.3 is 0 Å². The highest BCUT2D eigenvalue weighted by Gasteiger charge is 2.34. The van der Waals surface area contributed by atoms with Gasteiger partial charge in [-0.15, -0.1) is 0 Å². The van der Waals surface area contributed by atoms with Gasteiger partial charge in [0.15, 0.2) is 0 Å². The molecule has 1 amide bonds. The first-order valence-corrected chi connectivity index (χ1v) is 8.06. The number of carbonyl (C=O) groups excluding carboxylic acids is 1. The zero-order chi connectivity index (χ0) is 13.2. The molecular weight excluding hydrogens is 238 g/mol. The SMILES string of the molecule is NC1CCCN(C2CCN(C3CCCC3)CC2)C1=O. The summed E-state index contributed by atoms with van der Waals surface area (Å²) in [6, 6.07) is 1.05. The number of nitrogens with zero attached hydrogens (tertiary/aromatic N) is 2. The molecule has 0 bridgehead atoms. The second-order valence-corrected chi connectivity index (χ2v) is 6.49. The van der Waals surface area contributed by atoms with Gasteiger partial charge in [-0.3, -0.25) is 4.79 Å². The second kappa shape index (κ2) is 5.80. The van der Waals surface area contributed by atoms with Crippen molar-refractivity contribution in [1.29, 1.82) is 0 Å². The molecule has 4 heteroatoms. The van der Waals surface area contributed by atoms with Gasteiger partial charge in [0.2, 0.25) is 5.91 Å². The van der Waals surface area contributed by atoms with Crippen molar-refractivity contribution in [3.8, 4) is 0 Å². The lowest BCUT2D eigenvalue weighted by Gasteiger charge is -2.43. The van der Waals surface area contributed by atoms with E-state index >= 15 is 0 Å². The maximum absolute atomic E-state index is 12.1. The van der Waals surface area contributed by atoms with Crippen LogP contribution in [0.25, 0.3) is 0 Å². The predicted octanol–water partition coefficient (Wildman–Crippen LogP) is 1.34. The second-order valence-electron chi connectivity index (χ2n) is 6.49. The van der Waals surface area contributed by atoms with Crippen LogP contribution in [0.3, 0.4) is 0 Å². The fraction of sp³-hybridized carbons (Fsp3) is 0.933. The van der Waals surface area contributed by atoms with E-state index in [1.165, 1.54) is 38.8 Å². The van der Waals surface area contributed by atoms with Crippen molar-refractivity contribution in [2.75, 3.05) is 19.6 Å². The van der Waals surface area contributed by atoms with E-state index < -0.39 is 0 Å². The highest BCUT2D eigenvalue weighted by Crippen LogP contribution is 2.28. The number of hydrogen-bond acceptors (Lipinski definition) is 3. The molecule has 2 aliphatic heterocycles. The molecule has 1 atom stereocenters. The summed E-state index contributed by atoms with van der Waals surface area (Å²) in [6.45, 7) is 3.28. The molecule has 3 aliphatic rings. The molecule has 0 aromatic rings. The van der Waals surface area contributed by atoms with E-state index in [-0.39, 0.29) is 11.9 Å². The zero-order valence-electron chi connectivity index (χ0n) is 11.9. The molecule has 0 spiro atoms. The van der Waals surface area contributed by atoms with Gasteiger partial charge < -0.3 is 15.5 Å². The minimum atomic E-state index is -0.235. The molecule has 2 heterocycles. The number of rotatable bonds is 2. The molecule has 1 unspecified atom stereocenters. The van der Waals surface area contributed by atoms with Crippen LogP contribution in [0.5, 0.6) is 0 Å². The third-order valence-electron chi connectivity index (χ3n) is 5.30. The van der Waals surface area contributed by atoms with Crippen molar-refractivity contribution < 1.29 is 4.79 Å². The zero-order valence-corrected chi connectivity index (χ0v) is 11.9. The van der Waals surface area contributed by atoms with Gasteiger partial charge in [0.05, 0.1) is 6.04 Å². The topological polar surface area (TPSA) is 49.6 Å². The van der Waals surface area contributed by atoms with Crippen LogP contribution in [0.1, 0.15) is 51.4 Å². The van der Waals surface area contributed by atoms with Gasteiger partial charge in [0.1, 0.15) is 0 Å². The highest BCUT2D eigenvalue weighted by atomic mass is 16.2. The van der Waals surface area contributed by atoms with Crippen LogP contribution in [0.2, 0.25) is 0 Å². The van der Waals surface area contributed by atoms with Crippen LogP contribution in [-0.2, 0) is 4.79 Å². The standard InChI is InChI=1S/C15H27N3O/c16-14-6-3-9-18(15(14)19)13-7-10-17(11-8-13)12-4-1-2-5-12/h12-14H,1-11,16H2. The fourth-order valence-electron chi connectivity index (χ4n) is 4.12. The Morgan fingerprint density at radius 3 is 2.21 bits per heavy atom. The van der Waals surface area contributed by atoms with Crippen LogP contribution < -0.4 is 5.73 Å². The summed E-state index contributed by atoms with van der Waals surface area (Å²) in [7, 11) is 0. The van der Waals surface area contributed by atoms with Gasteiger partial charge in [-0.25, -0.2) is 0 Å². The molecule has 19 heavy (non-hydrogen) atoms. The highest BCUT2D eigenvalue weighted by molar-refractivity contribution is 5.82. The molecule has 1 aliphatic carbocycles. The smallest absolute Gasteiger partial charge is 0.239 e. The van der Waals surface area contributed by atoms with Gasteiger partial charge in [0, 0.05) is 31.7 Å². The lowest BCUT2D eigenvalue weighted by molar-refractivity contribution is -0.138. The third kappa shape index (κ3) is 2.79. The van der Waals surface area contributed by atoms with Gasteiger partial charge in [-0.1, -0.05) is 12.8 Å². The number of piperidine rings is 2. The summed E-state index contributed by atoms with van der Waals surface area (Å²) in [6.07, 6.45) is 9.83. The molecule has 2 saturated heterocycles. The van der Waals surface area contributed by atoms with E-state index in [0.29, 0.717) is 6.04 Å². The van der Waals surface area contributed by atoms with Gasteiger partial charge in [0.25, 0.3) is 0 Å². The summed E-state index contributed by atoms with van der Waals surface area (Å²) < 4.78 is 0. The van der Waals surface area contributed by atoms with E-state index in [1.807, 2.05) is 0 Å². The molecule has 3 rings (SSSR count). The summed E-state index contributed by atoms with van der Waals surface area (Å²) >= 11 is 0. The first-order valence-electron chi connectivity index (χ1n) is 8.06. The van der Waals surface area contributed by atoms with E-state index in [4.69, 9.17) is 5.73 Å². The Kier molecular flexibility index (Phi) is 4.08. The first-order chi connectivity index (χ1) is 9.25. The molecule has 0 aromatic carbocycles. The Morgan fingerprint density at radius 2 is 1.53 bits per heavy atom. The largest absolute Gasteiger partial charge is 0.338 e. The van der Waals surface area contributed by atoms with Crippen LogP contribution in [0.15, 0.2) is 0 Å². The average Bonchev–Trinajstić information content (AvgIpc) is 2.96. The maximum Gasteiger partial charge on any atom is 0.239 e. The summed E-state index contributed by atoms with van der Waals surface area (Å²) in [5, 5.41) is 0. The van der Waals surface area contributed by atoms with Crippen molar-refractivity contribution in [2.45, 2.75) is 69.5 Å². The predicted molar refractivity (Wildman–Crippen MR) is 75.8 cm³/mol. The Morgan fingerprint density at radius 1 is 0.842 bits per heavy atom. The van der Waals surface area contributed by atoms with Crippen LogP contribution >= 0.6 is 0 Å². The summed E-state index contributed by atoms with van der Waals surface area (Å²) in [5.41, 5.74) is 5.90. The van der Waals surface area contributed by atoms with Crippen molar-refractivity contribution in [3.63, 3.8) is 0 Å². The van der Waals surface area contributed by atoms with Crippen molar-refractivity contribution in [1.82, 2.24) is 9.80 Å². The van der Waals surface area contributed by atoms with E-state index in [0.717, 1.165) is 38.3 Å². The average molecular weight is 265 g/mol. The Bertz CT molecular complexity index is 319. The maximum atomic E-state index is 12.1. The van der Waals surface area contributed by atoms with Gasteiger partial charge in [-0.2, -0.15) is 0 Å². The number of nitrogens with two attached hydrogens (primary N) is 1. The molecule has 0 aromatic heterocycles. The van der Waals surface area contributed by atoms with Crippen molar-refractivity contribution in [3.05, 3.63) is 0 Å². The number of hydrogen-bond donors (Lipinski definition) is 1. The minimum absolute atomic E-state index is 0.200. The first kappa shape index (κ1) is 13.4. The lowest BCUT2D eigenvalue weighted by atomic mass is 9.96. The summed E-state index contributed by atoms with van der Waals surface area (Å²) in [4.78, 5) is 16.9. The van der Waals surface area contributed by atoms with Crippen LogP contribution in [-0.4, -0.2) is 53.5 Å². The Hall–Kier alpha value is -0.610. The molecule has 1 saturated carbocycles. The fourth-order valence-corrected chi connectivity index (χ4v) is 4.12. The van der Waals surface area contributed by atoms with Gasteiger partial charge in [-0.05, 0) is 38.5 Å². The van der Waals surface area contributed by atoms with Crippen LogP contribution in [0.4, 0.5) is 0 Å². The molecule has 2 N–H and O–H groups in total. The minimum Gasteiger partial charge on any atom is -0.338 e. The normalized spacial score (nSPS) is 32.2. The number of carbonyl (C=O) groups is 1. The molecular formula is C15H27N3O. The molecule has 3 fully saturated rings. The van der Waals surface area contributed by atoms with E-state index in [2.05, 4.69) is 9.80 Å². The number of likely N-dealkylation sites (tertiary alicyclic amines) is 2. The molecule has 108 valence electrons. The molecule has 0 radical (unpaired) electrons. The Balaban J connectivity index is 1.53. The van der Waals surface area contributed by atoms with Crippen molar-refractivity contribution in [2.24, 2.45) is 5.73 Å².